The van der Waals surface area contributed by atoms with Crippen LogP contribution in [0.1, 0.15) is 44.5 Å². The number of nitrogens with zero attached hydrogens (tertiary/aromatic N) is 2. The summed E-state index contributed by atoms with van der Waals surface area (Å²) in [5, 5.41) is 3.34. The van der Waals surface area contributed by atoms with Crippen LogP contribution in [0.3, 0.4) is 0 Å². The van der Waals surface area contributed by atoms with Gasteiger partial charge in [0.2, 0.25) is 0 Å². The topological polar surface area (TPSA) is 39.1 Å². The number of imidazole rings is 1. The van der Waals surface area contributed by atoms with E-state index >= 15 is 0 Å². The van der Waals surface area contributed by atoms with Gasteiger partial charge in [0.15, 0.2) is 0 Å². The molecule has 2 atom stereocenters. The van der Waals surface area contributed by atoms with Crippen LogP contribution in [0.4, 0.5) is 0 Å². The molecule has 1 N–H and O–H groups in total. The van der Waals surface area contributed by atoms with E-state index in [9.17, 15) is 0 Å². The van der Waals surface area contributed by atoms with Crippen LogP contribution in [0.5, 0.6) is 0 Å². The van der Waals surface area contributed by atoms with E-state index in [0.29, 0.717) is 12.1 Å². The van der Waals surface area contributed by atoms with Gasteiger partial charge in [0.05, 0.1) is 12.6 Å². The smallest absolute Gasteiger partial charge is 0.122 e. The first-order valence-electron chi connectivity index (χ1n) is 6.60. The number of ether oxygens (including phenoxy) is 1. The third-order valence-electron chi connectivity index (χ3n) is 3.61. The van der Waals surface area contributed by atoms with Crippen molar-refractivity contribution >= 4 is 0 Å². The van der Waals surface area contributed by atoms with Crippen molar-refractivity contribution in [3.63, 3.8) is 0 Å². The van der Waals surface area contributed by atoms with E-state index in [-0.39, 0.29) is 0 Å². The molecule has 1 aromatic rings. The maximum atomic E-state index is 5.49. The molecule has 1 heterocycles. The van der Waals surface area contributed by atoms with Crippen molar-refractivity contribution in [3.05, 3.63) is 18.2 Å². The summed E-state index contributed by atoms with van der Waals surface area (Å²) in [6.07, 6.45) is 9.25. The number of hydrogen-bond donors (Lipinski definition) is 1. The van der Waals surface area contributed by atoms with Crippen LogP contribution in [0.25, 0.3) is 0 Å². The van der Waals surface area contributed by atoms with Gasteiger partial charge in [-0.15, -0.1) is 0 Å². The number of nitrogens with one attached hydrogen (secondary N) is 1. The standard InChI is InChI=1S/C13H23N3O/c1-3-14-10-13-15-7-8-16(13)11-5-4-6-12(9-11)17-2/h7-8,11-12,14H,3-6,9-10H2,1-2H3. The van der Waals surface area contributed by atoms with Crippen LogP contribution in [0.2, 0.25) is 0 Å². The molecule has 0 amide bonds. The van der Waals surface area contributed by atoms with Gasteiger partial charge < -0.3 is 14.6 Å². The van der Waals surface area contributed by atoms with Crippen LogP contribution < -0.4 is 5.32 Å². The molecule has 17 heavy (non-hydrogen) atoms. The monoisotopic (exact) mass is 237 g/mol. The molecular weight excluding hydrogens is 214 g/mol. The minimum atomic E-state index is 0.420. The van der Waals surface area contributed by atoms with Crippen LogP contribution in [-0.2, 0) is 11.3 Å². The van der Waals surface area contributed by atoms with Crippen LogP contribution >= 0.6 is 0 Å². The second-order valence-corrected chi connectivity index (χ2v) is 4.71. The van der Waals surface area contributed by atoms with E-state index in [4.69, 9.17) is 4.74 Å². The lowest BCUT2D eigenvalue weighted by Crippen LogP contribution is -2.26. The maximum Gasteiger partial charge on any atom is 0.122 e. The van der Waals surface area contributed by atoms with Crippen molar-refractivity contribution in [3.8, 4) is 0 Å². The van der Waals surface area contributed by atoms with Crippen molar-refractivity contribution in [2.45, 2.75) is 51.3 Å². The van der Waals surface area contributed by atoms with Gasteiger partial charge in [-0.25, -0.2) is 4.98 Å². The molecule has 0 spiro atoms. The molecule has 2 unspecified atom stereocenters. The van der Waals surface area contributed by atoms with Crippen molar-refractivity contribution in [2.24, 2.45) is 0 Å². The second-order valence-electron chi connectivity index (χ2n) is 4.71. The Kier molecular flexibility index (Phi) is 4.57. The van der Waals surface area contributed by atoms with E-state index in [1.165, 1.54) is 19.3 Å². The normalized spacial score (nSPS) is 25.1. The molecule has 1 saturated carbocycles. The molecule has 2 rings (SSSR count). The number of hydrogen-bond acceptors (Lipinski definition) is 3. The predicted octanol–water partition coefficient (Wildman–Crippen LogP) is 2.12. The molecule has 0 saturated heterocycles. The molecule has 1 aromatic heterocycles. The average molecular weight is 237 g/mol. The molecule has 1 fully saturated rings. The largest absolute Gasteiger partial charge is 0.381 e. The van der Waals surface area contributed by atoms with Crippen molar-refractivity contribution in [1.29, 1.82) is 0 Å². The Balaban J connectivity index is 2.02. The fourth-order valence-electron chi connectivity index (χ4n) is 2.64. The fourth-order valence-corrected chi connectivity index (χ4v) is 2.64. The third kappa shape index (κ3) is 3.07. The number of rotatable bonds is 5. The Morgan fingerprint density at radius 2 is 2.41 bits per heavy atom. The summed E-state index contributed by atoms with van der Waals surface area (Å²) in [5.41, 5.74) is 0. The van der Waals surface area contributed by atoms with E-state index in [2.05, 4.69) is 28.0 Å². The summed E-state index contributed by atoms with van der Waals surface area (Å²) in [7, 11) is 1.82. The van der Waals surface area contributed by atoms with Gasteiger partial charge in [-0.05, 0) is 32.2 Å². The summed E-state index contributed by atoms with van der Waals surface area (Å²) in [6, 6.07) is 0.560. The molecule has 4 heteroatoms. The van der Waals surface area contributed by atoms with Crippen LogP contribution in [0.15, 0.2) is 12.4 Å². The Morgan fingerprint density at radius 3 is 3.18 bits per heavy atom. The van der Waals surface area contributed by atoms with Gasteiger partial charge in [-0.2, -0.15) is 0 Å². The van der Waals surface area contributed by atoms with E-state index in [0.717, 1.165) is 25.3 Å². The Labute approximate surface area is 103 Å². The highest BCUT2D eigenvalue weighted by Gasteiger charge is 2.24. The van der Waals surface area contributed by atoms with Crippen LogP contribution in [0, 0.1) is 0 Å². The Hall–Kier alpha value is -0.870. The minimum absolute atomic E-state index is 0.420. The van der Waals surface area contributed by atoms with Crippen LogP contribution in [-0.4, -0.2) is 29.3 Å². The van der Waals surface area contributed by atoms with E-state index in [1.54, 1.807) is 0 Å². The SMILES string of the molecule is CCNCc1nccn1C1CCCC(OC)C1. The zero-order chi connectivity index (χ0) is 12.1. The quantitative estimate of drug-likeness (QED) is 0.852. The molecular formula is C13H23N3O. The lowest BCUT2D eigenvalue weighted by molar-refractivity contribution is 0.0525. The maximum absolute atomic E-state index is 5.49. The highest BCUT2D eigenvalue weighted by molar-refractivity contribution is 4.96. The predicted molar refractivity (Wildman–Crippen MR) is 67.9 cm³/mol. The van der Waals surface area contributed by atoms with Gasteiger partial charge >= 0.3 is 0 Å². The van der Waals surface area contributed by atoms with Crippen molar-refractivity contribution in [1.82, 2.24) is 14.9 Å². The lowest BCUT2D eigenvalue weighted by Gasteiger charge is -2.30. The van der Waals surface area contributed by atoms with Gasteiger partial charge in [-0.3, -0.25) is 0 Å². The molecule has 1 aliphatic carbocycles. The highest BCUT2D eigenvalue weighted by Crippen LogP contribution is 2.30. The molecule has 0 bridgehead atoms. The molecule has 0 radical (unpaired) electrons. The molecule has 4 nitrogen and oxygen atoms in total. The van der Waals surface area contributed by atoms with Gasteiger partial charge in [-0.1, -0.05) is 6.92 Å². The Morgan fingerprint density at radius 1 is 1.53 bits per heavy atom. The zero-order valence-corrected chi connectivity index (χ0v) is 10.9. The summed E-state index contributed by atoms with van der Waals surface area (Å²) in [5.74, 6) is 1.15. The first-order valence-corrected chi connectivity index (χ1v) is 6.60. The number of aromatic nitrogens is 2. The van der Waals surface area contributed by atoms with Crippen molar-refractivity contribution in [2.75, 3.05) is 13.7 Å². The third-order valence-corrected chi connectivity index (χ3v) is 3.61. The highest BCUT2D eigenvalue weighted by atomic mass is 16.5. The average Bonchev–Trinajstić information content (AvgIpc) is 2.84. The first kappa shape index (κ1) is 12.6. The van der Waals surface area contributed by atoms with E-state index in [1.807, 2.05) is 13.3 Å². The van der Waals surface area contributed by atoms with Gasteiger partial charge in [0.25, 0.3) is 0 Å². The fraction of sp³-hybridized carbons (Fsp3) is 0.769. The van der Waals surface area contributed by atoms with E-state index < -0.39 is 0 Å². The molecule has 96 valence electrons. The summed E-state index contributed by atoms with van der Waals surface area (Å²) in [6.45, 7) is 3.96. The minimum Gasteiger partial charge on any atom is -0.381 e. The Bertz CT molecular complexity index is 337. The molecule has 0 aliphatic heterocycles. The second kappa shape index (κ2) is 6.17. The van der Waals surface area contributed by atoms with Gasteiger partial charge in [0.1, 0.15) is 5.82 Å². The zero-order valence-electron chi connectivity index (χ0n) is 10.9. The number of methoxy groups -OCH3 is 1. The molecule has 0 aromatic carbocycles. The summed E-state index contributed by atoms with van der Waals surface area (Å²) in [4.78, 5) is 4.44. The summed E-state index contributed by atoms with van der Waals surface area (Å²) >= 11 is 0. The first-order chi connectivity index (χ1) is 8.35. The van der Waals surface area contributed by atoms with Gasteiger partial charge in [0, 0.05) is 25.5 Å². The molecule has 1 aliphatic rings. The lowest BCUT2D eigenvalue weighted by atomic mass is 9.92. The summed E-state index contributed by atoms with van der Waals surface area (Å²) < 4.78 is 7.82. The van der Waals surface area contributed by atoms with Crippen molar-refractivity contribution < 1.29 is 4.74 Å².